The van der Waals surface area contributed by atoms with Crippen molar-refractivity contribution in [2.45, 2.75) is 24.0 Å². The number of halogens is 5. The van der Waals surface area contributed by atoms with E-state index in [1.807, 2.05) is 0 Å². The zero-order valence-corrected chi connectivity index (χ0v) is 16.0. The van der Waals surface area contributed by atoms with Gasteiger partial charge in [0.05, 0.1) is 27.2 Å². The number of nitrogens with one attached hydrogen (secondary N) is 2. The first-order valence-corrected chi connectivity index (χ1v) is 9.59. The van der Waals surface area contributed by atoms with Crippen molar-refractivity contribution in [2.75, 3.05) is 5.32 Å². The van der Waals surface area contributed by atoms with E-state index in [1.54, 1.807) is 0 Å². The number of hydrogen-bond acceptors (Lipinski definition) is 3. The normalized spacial score (nSPS) is 13.3. The van der Waals surface area contributed by atoms with Crippen LogP contribution in [-0.2, 0) is 21.0 Å². The molecule has 0 aliphatic heterocycles. The Morgan fingerprint density at radius 3 is 2.22 bits per heavy atom. The van der Waals surface area contributed by atoms with Crippen molar-refractivity contribution in [2.24, 2.45) is 0 Å². The van der Waals surface area contributed by atoms with E-state index in [-0.39, 0.29) is 15.6 Å². The maximum atomic E-state index is 12.8. The van der Waals surface area contributed by atoms with E-state index in [9.17, 15) is 26.4 Å². The van der Waals surface area contributed by atoms with E-state index >= 15 is 0 Å². The lowest BCUT2D eigenvalue weighted by Crippen LogP contribution is -2.41. The maximum Gasteiger partial charge on any atom is 0.416 e. The van der Waals surface area contributed by atoms with Crippen LogP contribution in [0.25, 0.3) is 0 Å². The SMILES string of the molecule is CC(NS(=O)(=O)c1ccc(Cl)cc1)C(=O)Nc1cc(C(F)(F)F)ccc1Cl. The molecule has 0 heterocycles. The first-order chi connectivity index (χ1) is 12.4. The zero-order chi connectivity index (χ0) is 20.4. The van der Waals surface area contributed by atoms with E-state index in [2.05, 4.69) is 10.0 Å². The fourth-order valence-corrected chi connectivity index (χ4v) is 3.50. The van der Waals surface area contributed by atoms with Gasteiger partial charge in [-0.1, -0.05) is 23.2 Å². The van der Waals surface area contributed by atoms with Gasteiger partial charge in [-0.25, -0.2) is 8.42 Å². The second kappa shape index (κ2) is 8.05. The minimum absolute atomic E-state index is 0.121. The van der Waals surface area contributed by atoms with Gasteiger partial charge in [0.15, 0.2) is 0 Å². The summed E-state index contributed by atoms with van der Waals surface area (Å²) in [6, 6.07) is 6.37. The summed E-state index contributed by atoms with van der Waals surface area (Å²) in [6.07, 6.45) is -4.62. The summed E-state index contributed by atoms with van der Waals surface area (Å²) >= 11 is 11.5. The van der Waals surface area contributed by atoms with Crippen molar-refractivity contribution < 1.29 is 26.4 Å². The lowest BCUT2D eigenvalue weighted by atomic mass is 10.2. The molecule has 0 saturated carbocycles. The molecular formula is C16H13Cl2F3N2O3S. The van der Waals surface area contributed by atoms with Crippen LogP contribution in [0.15, 0.2) is 47.4 Å². The second-order valence-electron chi connectivity index (χ2n) is 5.48. The molecule has 2 aromatic carbocycles. The Morgan fingerprint density at radius 2 is 1.67 bits per heavy atom. The molecule has 1 amide bonds. The highest BCUT2D eigenvalue weighted by Crippen LogP contribution is 2.33. The predicted molar refractivity (Wildman–Crippen MR) is 96.3 cm³/mol. The molecule has 27 heavy (non-hydrogen) atoms. The number of anilines is 1. The Morgan fingerprint density at radius 1 is 1.07 bits per heavy atom. The van der Waals surface area contributed by atoms with Gasteiger partial charge < -0.3 is 5.32 Å². The summed E-state index contributed by atoms with van der Waals surface area (Å²) < 4.78 is 65.0. The van der Waals surface area contributed by atoms with Crippen LogP contribution in [0.5, 0.6) is 0 Å². The monoisotopic (exact) mass is 440 g/mol. The standard InChI is InChI=1S/C16H13Cl2F3N2O3S/c1-9(23-27(25,26)12-5-3-11(17)4-6-12)15(24)22-14-8-10(16(19,20)21)2-7-13(14)18/h2-9,23H,1H3,(H,22,24). The lowest BCUT2D eigenvalue weighted by molar-refractivity contribution is -0.137. The highest BCUT2D eigenvalue weighted by molar-refractivity contribution is 7.89. The molecule has 11 heteroatoms. The van der Waals surface area contributed by atoms with Gasteiger partial charge in [-0.3, -0.25) is 4.79 Å². The molecule has 2 rings (SSSR count). The number of sulfonamides is 1. The first kappa shape index (κ1) is 21.5. The molecular weight excluding hydrogens is 428 g/mol. The average molecular weight is 441 g/mol. The van der Waals surface area contributed by atoms with Gasteiger partial charge in [-0.05, 0) is 49.4 Å². The number of amides is 1. The Bertz CT molecular complexity index is 948. The molecule has 1 unspecified atom stereocenters. The second-order valence-corrected chi connectivity index (χ2v) is 8.04. The van der Waals surface area contributed by atoms with Crippen molar-refractivity contribution in [1.29, 1.82) is 0 Å². The molecule has 0 saturated heterocycles. The third-order valence-corrected chi connectivity index (χ3v) is 5.54. The Kier molecular flexibility index (Phi) is 6.41. The summed E-state index contributed by atoms with van der Waals surface area (Å²) in [7, 11) is -4.04. The van der Waals surface area contributed by atoms with Crippen molar-refractivity contribution in [1.82, 2.24) is 4.72 Å². The van der Waals surface area contributed by atoms with Crippen LogP contribution in [0.3, 0.4) is 0 Å². The van der Waals surface area contributed by atoms with Crippen molar-refractivity contribution in [3.63, 3.8) is 0 Å². The summed E-state index contributed by atoms with van der Waals surface area (Å²) in [4.78, 5) is 12.1. The Balaban J connectivity index is 2.15. The molecule has 1 atom stereocenters. The van der Waals surface area contributed by atoms with Crippen molar-refractivity contribution in [3.8, 4) is 0 Å². The van der Waals surface area contributed by atoms with E-state index in [4.69, 9.17) is 23.2 Å². The maximum absolute atomic E-state index is 12.8. The molecule has 146 valence electrons. The molecule has 2 aromatic rings. The lowest BCUT2D eigenvalue weighted by Gasteiger charge is -2.16. The highest BCUT2D eigenvalue weighted by atomic mass is 35.5. The zero-order valence-electron chi connectivity index (χ0n) is 13.6. The molecule has 0 bridgehead atoms. The van der Waals surface area contributed by atoms with Gasteiger partial charge >= 0.3 is 6.18 Å². The molecule has 5 nitrogen and oxygen atoms in total. The highest BCUT2D eigenvalue weighted by Gasteiger charge is 2.31. The Hall–Kier alpha value is -1.81. The van der Waals surface area contributed by atoms with Gasteiger partial charge in [-0.2, -0.15) is 17.9 Å². The predicted octanol–water partition coefficient (Wildman–Crippen LogP) is 4.32. The third-order valence-electron chi connectivity index (χ3n) is 3.40. The van der Waals surface area contributed by atoms with E-state index in [0.717, 1.165) is 12.1 Å². The molecule has 0 spiro atoms. The largest absolute Gasteiger partial charge is 0.416 e. The molecule has 0 aliphatic rings. The number of hydrogen-bond donors (Lipinski definition) is 2. The summed E-state index contributed by atoms with van der Waals surface area (Å²) in [5.74, 6) is -0.881. The minimum Gasteiger partial charge on any atom is -0.323 e. The van der Waals surface area contributed by atoms with E-state index < -0.39 is 33.7 Å². The quantitative estimate of drug-likeness (QED) is 0.726. The number of benzene rings is 2. The number of carbonyl (C=O) groups is 1. The molecule has 0 aliphatic carbocycles. The smallest absolute Gasteiger partial charge is 0.323 e. The van der Waals surface area contributed by atoms with Crippen LogP contribution in [0.2, 0.25) is 10.0 Å². The average Bonchev–Trinajstić information content (AvgIpc) is 2.55. The molecule has 0 aromatic heterocycles. The summed E-state index contributed by atoms with van der Waals surface area (Å²) in [5, 5.41) is 2.40. The van der Waals surface area contributed by atoms with Gasteiger partial charge in [0.1, 0.15) is 0 Å². The molecule has 0 radical (unpaired) electrons. The fourth-order valence-electron chi connectivity index (χ4n) is 2.01. The molecule has 2 N–H and O–H groups in total. The van der Waals surface area contributed by atoms with Gasteiger partial charge in [0.2, 0.25) is 15.9 Å². The number of rotatable bonds is 5. The molecule has 0 fully saturated rings. The van der Waals surface area contributed by atoms with Gasteiger partial charge in [-0.15, -0.1) is 0 Å². The first-order valence-electron chi connectivity index (χ1n) is 7.35. The van der Waals surface area contributed by atoms with Gasteiger partial charge in [0.25, 0.3) is 0 Å². The summed E-state index contributed by atoms with van der Waals surface area (Å²) in [5.41, 5.74) is -1.29. The minimum atomic E-state index is -4.62. The number of carbonyl (C=O) groups excluding carboxylic acids is 1. The number of alkyl halides is 3. The van der Waals surface area contributed by atoms with Crippen LogP contribution < -0.4 is 10.0 Å². The Labute approximate surface area is 163 Å². The van der Waals surface area contributed by atoms with Crippen LogP contribution in [0.4, 0.5) is 18.9 Å². The van der Waals surface area contributed by atoms with Crippen LogP contribution in [0.1, 0.15) is 12.5 Å². The topological polar surface area (TPSA) is 75.3 Å². The van der Waals surface area contributed by atoms with Crippen LogP contribution in [-0.4, -0.2) is 20.4 Å². The van der Waals surface area contributed by atoms with E-state index in [0.29, 0.717) is 11.1 Å². The van der Waals surface area contributed by atoms with Gasteiger partial charge in [0, 0.05) is 5.02 Å². The van der Waals surface area contributed by atoms with Crippen LogP contribution in [0, 0.1) is 0 Å². The summed E-state index contributed by atoms with van der Waals surface area (Å²) in [6.45, 7) is 1.24. The van der Waals surface area contributed by atoms with Crippen LogP contribution >= 0.6 is 23.2 Å². The van der Waals surface area contributed by atoms with Crippen molar-refractivity contribution in [3.05, 3.63) is 58.1 Å². The van der Waals surface area contributed by atoms with Crippen molar-refractivity contribution >= 4 is 44.8 Å². The third kappa shape index (κ3) is 5.58. The van der Waals surface area contributed by atoms with E-state index in [1.165, 1.54) is 31.2 Å². The fraction of sp³-hybridized carbons (Fsp3) is 0.188.